The van der Waals surface area contributed by atoms with Crippen LogP contribution in [0.2, 0.25) is 0 Å². The Bertz CT molecular complexity index is 1390. The van der Waals surface area contributed by atoms with Gasteiger partial charge in [-0.25, -0.2) is 0 Å². The maximum absolute atomic E-state index is 12.9. The van der Waals surface area contributed by atoms with Crippen LogP contribution in [0, 0.1) is 0 Å². The lowest BCUT2D eigenvalue weighted by Gasteiger charge is -2.18. The molecule has 0 rings (SSSR count). The van der Waals surface area contributed by atoms with Gasteiger partial charge >= 0.3 is 17.9 Å². The molecule has 0 aromatic heterocycles. The third-order valence-electron chi connectivity index (χ3n) is 15.3. The molecule has 1 atom stereocenters. The van der Waals surface area contributed by atoms with E-state index >= 15 is 0 Å². The highest BCUT2D eigenvalue weighted by atomic mass is 16.6. The van der Waals surface area contributed by atoms with Crippen LogP contribution in [0.1, 0.15) is 361 Å². The van der Waals surface area contributed by atoms with Gasteiger partial charge in [-0.2, -0.15) is 0 Å². The molecule has 6 heteroatoms. The molecule has 6 nitrogen and oxygen atoms in total. The van der Waals surface area contributed by atoms with Crippen molar-refractivity contribution in [2.75, 3.05) is 13.2 Å². The van der Waals surface area contributed by atoms with Crippen molar-refractivity contribution in [3.63, 3.8) is 0 Å². The maximum Gasteiger partial charge on any atom is 0.306 e. The van der Waals surface area contributed by atoms with E-state index in [-0.39, 0.29) is 37.5 Å². The third kappa shape index (κ3) is 63.9. The van der Waals surface area contributed by atoms with E-state index < -0.39 is 6.10 Å². The minimum Gasteiger partial charge on any atom is -0.462 e. The van der Waals surface area contributed by atoms with Crippen LogP contribution in [0.4, 0.5) is 0 Å². The molecule has 0 saturated heterocycles. The molecule has 0 aromatic carbocycles. The van der Waals surface area contributed by atoms with Crippen LogP contribution in [0.15, 0.2) is 60.8 Å². The first-order chi connectivity index (χ1) is 38.5. The minimum atomic E-state index is -0.805. The fourth-order valence-electron chi connectivity index (χ4n) is 10.2. The second-order valence-electron chi connectivity index (χ2n) is 23.1. The van der Waals surface area contributed by atoms with Gasteiger partial charge in [0.1, 0.15) is 13.2 Å². The van der Waals surface area contributed by atoms with E-state index in [2.05, 4.69) is 75.5 Å². The summed E-state index contributed by atoms with van der Waals surface area (Å²) in [7, 11) is 0. The molecule has 0 N–H and O–H groups in total. The van der Waals surface area contributed by atoms with Gasteiger partial charge in [0.25, 0.3) is 0 Å². The summed E-state index contributed by atoms with van der Waals surface area (Å²) in [6, 6.07) is 0. The Hall–Kier alpha value is -2.89. The topological polar surface area (TPSA) is 78.9 Å². The van der Waals surface area contributed by atoms with Gasteiger partial charge in [0.15, 0.2) is 6.10 Å². The lowest BCUT2D eigenvalue weighted by Crippen LogP contribution is -2.30. The SMILES string of the molecule is CC/C=C\C/C=C\C/C=C\C/C=C\CCC(=O)OCC(COC(=O)CCCCCCCCCCCCCCCCCCCCCCCCCCCCCCCC)OC(=O)CCCCCCCCC/C=C\CCCCCCCC. The number of esters is 3. The Balaban J connectivity index is 4.19. The summed E-state index contributed by atoms with van der Waals surface area (Å²) >= 11 is 0. The third-order valence-corrected chi connectivity index (χ3v) is 15.3. The summed E-state index contributed by atoms with van der Waals surface area (Å²) in [5, 5.41) is 0. The average molecular weight is 1090 g/mol. The molecule has 0 spiro atoms. The van der Waals surface area contributed by atoms with Gasteiger partial charge in [0, 0.05) is 19.3 Å². The molecule has 0 radical (unpaired) electrons. The van der Waals surface area contributed by atoms with Crippen molar-refractivity contribution in [2.24, 2.45) is 0 Å². The first-order valence-corrected chi connectivity index (χ1v) is 34.3. The Labute approximate surface area is 485 Å². The average Bonchev–Trinajstić information content (AvgIpc) is 3.44. The number of hydrogen-bond donors (Lipinski definition) is 0. The Morgan fingerprint density at radius 3 is 0.859 bits per heavy atom. The summed E-state index contributed by atoms with van der Waals surface area (Å²) in [4.78, 5) is 38.3. The molecule has 0 fully saturated rings. The molecular weight excluding hydrogens is 961 g/mol. The van der Waals surface area contributed by atoms with E-state index in [1.807, 2.05) is 6.08 Å². The summed E-state index contributed by atoms with van der Waals surface area (Å²) in [6.45, 7) is 6.51. The number of carbonyl (C=O) groups excluding carboxylic acids is 3. The number of carbonyl (C=O) groups is 3. The fourth-order valence-corrected chi connectivity index (χ4v) is 10.2. The van der Waals surface area contributed by atoms with Crippen LogP contribution in [0.5, 0.6) is 0 Å². The molecule has 0 saturated carbocycles. The highest BCUT2D eigenvalue weighted by Crippen LogP contribution is 2.18. The van der Waals surface area contributed by atoms with Gasteiger partial charge in [-0.15, -0.1) is 0 Å². The maximum atomic E-state index is 12.9. The lowest BCUT2D eigenvalue weighted by atomic mass is 10.0. The predicted molar refractivity (Wildman–Crippen MR) is 339 cm³/mol. The molecule has 0 aliphatic rings. The van der Waals surface area contributed by atoms with Gasteiger partial charge < -0.3 is 14.2 Å². The highest BCUT2D eigenvalue weighted by Gasteiger charge is 2.19. The molecule has 0 amide bonds. The van der Waals surface area contributed by atoms with E-state index in [0.717, 1.165) is 64.2 Å². The number of allylic oxidation sites excluding steroid dienone is 10. The van der Waals surface area contributed by atoms with Crippen LogP contribution < -0.4 is 0 Å². The second-order valence-corrected chi connectivity index (χ2v) is 23.1. The molecule has 0 aliphatic heterocycles. The summed E-state index contributed by atoms with van der Waals surface area (Å²) in [5.74, 6) is -0.966. The smallest absolute Gasteiger partial charge is 0.306 e. The molecule has 1 unspecified atom stereocenters. The molecule has 0 aromatic rings. The van der Waals surface area contributed by atoms with Crippen molar-refractivity contribution in [3.05, 3.63) is 60.8 Å². The first-order valence-electron chi connectivity index (χ1n) is 34.3. The summed E-state index contributed by atoms with van der Waals surface area (Å²) in [6.07, 6.45) is 85.7. The number of rotatable bonds is 63. The van der Waals surface area contributed by atoms with E-state index in [9.17, 15) is 14.4 Å². The summed E-state index contributed by atoms with van der Waals surface area (Å²) in [5.41, 5.74) is 0. The van der Waals surface area contributed by atoms with E-state index in [1.165, 1.54) is 250 Å². The standard InChI is InChI=1S/C72H130O6/c1-4-7-10-13-16-19-22-25-27-29-30-31-32-33-34-35-36-37-38-39-40-41-43-44-47-50-53-56-59-62-65-71(74)77-68-69(67-76-70(73)64-61-58-55-52-49-46-24-21-18-15-12-9-6-3)78-72(75)66-63-60-57-54-51-48-45-42-28-26-23-20-17-14-11-8-5-2/h9,12,18,21,26,28,46,49,55,58,69H,4-8,10-11,13-17,19-20,22-25,27,29-45,47-48,50-54,56-57,59-68H2,1-3H3/b12-9-,21-18-,28-26-,49-46-,58-55-. The molecule has 0 bridgehead atoms. The molecule has 0 heterocycles. The summed E-state index contributed by atoms with van der Waals surface area (Å²) < 4.78 is 16.9. The van der Waals surface area contributed by atoms with Crippen molar-refractivity contribution in [1.82, 2.24) is 0 Å². The van der Waals surface area contributed by atoms with Gasteiger partial charge in [0.05, 0.1) is 0 Å². The Kier molecular flexibility index (Phi) is 64.2. The van der Waals surface area contributed by atoms with Crippen LogP contribution >= 0.6 is 0 Å². The van der Waals surface area contributed by atoms with Gasteiger partial charge in [-0.05, 0) is 70.6 Å². The minimum absolute atomic E-state index is 0.0947. The van der Waals surface area contributed by atoms with Crippen LogP contribution in [0.25, 0.3) is 0 Å². The quantitative estimate of drug-likeness (QED) is 0.0261. The Morgan fingerprint density at radius 2 is 0.526 bits per heavy atom. The van der Waals surface area contributed by atoms with Crippen LogP contribution in [0.3, 0.4) is 0 Å². The zero-order valence-electron chi connectivity index (χ0n) is 52.2. The lowest BCUT2D eigenvalue weighted by molar-refractivity contribution is -0.166. The van der Waals surface area contributed by atoms with Gasteiger partial charge in [-0.1, -0.05) is 332 Å². The monoisotopic (exact) mass is 1090 g/mol. The van der Waals surface area contributed by atoms with Crippen molar-refractivity contribution in [2.45, 2.75) is 367 Å². The van der Waals surface area contributed by atoms with Crippen molar-refractivity contribution in [1.29, 1.82) is 0 Å². The number of ether oxygens (including phenoxy) is 3. The normalized spacial score (nSPS) is 12.4. The van der Waals surface area contributed by atoms with Crippen LogP contribution in [-0.4, -0.2) is 37.2 Å². The highest BCUT2D eigenvalue weighted by molar-refractivity contribution is 5.71. The van der Waals surface area contributed by atoms with E-state index in [4.69, 9.17) is 14.2 Å². The first kappa shape index (κ1) is 75.1. The zero-order valence-corrected chi connectivity index (χ0v) is 52.2. The predicted octanol–water partition coefficient (Wildman–Crippen LogP) is 23.5. The largest absolute Gasteiger partial charge is 0.462 e. The zero-order chi connectivity index (χ0) is 56.4. The molecule has 78 heavy (non-hydrogen) atoms. The van der Waals surface area contributed by atoms with E-state index in [0.29, 0.717) is 19.3 Å². The van der Waals surface area contributed by atoms with Crippen molar-refractivity contribution in [3.8, 4) is 0 Å². The van der Waals surface area contributed by atoms with Gasteiger partial charge in [0.2, 0.25) is 0 Å². The second kappa shape index (κ2) is 66.6. The Morgan fingerprint density at radius 1 is 0.269 bits per heavy atom. The fraction of sp³-hybridized carbons (Fsp3) is 0.819. The van der Waals surface area contributed by atoms with Gasteiger partial charge in [-0.3, -0.25) is 14.4 Å². The van der Waals surface area contributed by atoms with Crippen molar-refractivity contribution >= 4 is 17.9 Å². The van der Waals surface area contributed by atoms with Crippen molar-refractivity contribution < 1.29 is 28.6 Å². The number of unbranched alkanes of at least 4 members (excludes halogenated alkanes) is 42. The van der Waals surface area contributed by atoms with Crippen LogP contribution in [-0.2, 0) is 28.6 Å². The molecule has 454 valence electrons. The van der Waals surface area contributed by atoms with E-state index in [1.54, 1.807) is 0 Å². The number of hydrogen-bond acceptors (Lipinski definition) is 6. The molecular formula is C72H130O6. The molecule has 0 aliphatic carbocycles.